The van der Waals surface area contributed by atoms with Gasteiger partial charge in [0.2, 0.25) is 5.82 Å². The van der Waals surface area contributed by atoms with Gasteiger partial charge in [-0.3, -0.25) is 0 Å². The molecule has 7 nitrogen and oxygen atoms in total. The van der Waals surface area contributed by atoms with Gasteiger partial charge in [0, 0.05) is 18.2 Å². The first kappa shape index (κ1) is 20.3. The molecule has 0 spiro atoms. The van der Waals surface area contributed by atoms with Crippen LogP contribution in [0.3, 0.4) is 0 Å². The minimum absolute atomic E-state index is 0.582. The number of aromatic nitrogens is 7. The molecule has 8 heteroatoms. The number of nitrogens with one attached hydrogen (secondary N) is 1. The monoisotopic (exact) mass is 443 g/mol. The molecular formula is C24H22ClN7. The maximum absolute atomic E-state index is 6.39. The third-order valence-corrected chi connectivity index (χ3v) is 5.84. The van der Waals surface area contributed by atoms with Crippen LogP contribution in [-0.2, 0) is 13.0 Å². The highest BCUT2D eigenvalue weighted by Crippen LogP contribution is 2.30. The van der Waals surface area contributed by atoms with Gasteiger partial charge in [0.15, 0.2) is 5.65 Å². The van der Waals surface area contributed by atoms with Crippen molar-refractivity contribution in [3.63, 3.8) is 0 Å². The lowest BCUT2D eigenvalue weighted by Gasteiger charge is -2.11. The van der Waals surface area contributed by atoms with E-state index in [1.54, 1.807) is 12.3 Å². The molecule has 3 aromatic heterocycles. The average molecular weight is 444 g/mol. The fraction of sp³-hybridized carbons (Fsp3) is 0.208. The van der Waals surface area contributed by atoms with E-state index in [1.165, 1.54) is 5.56 Å². The molecule has 0 saturated carbocycles. The van der Waals surface area contributed by atoms with Gasteiger partial charge in [0.25, 0.3) is 0 Å². The molecule has 32 heavy (non-hydrogen) atoms. The second-order valence-electron chi connectivity index (χ2n) is 7.66. The fourth-order valence-electron chi connectivity index (χ4n) is 3.90. The van der Waals surface area contributed by atoms with E-state index in [-0.39, 0.29) is 0 Å². The molecule has 0 fully saturated rings. The lowest BCUT2D eigenvalue weighted by atomic mass is 9.98. The Bertz CT molecular complexity index is 1340. The molecule has 3 heterocycles. The number of halogens is 1. The number of hydrogen-bond donors (Lipinski definition) is 1. The quantitative estimate of drug-likeness (QED) is 0.367. The molecule has 0 aliphatic rings. The number of H-pyrrole nitrogens is 1. The Morgan fingerprint density at radius 3 is 2.56 bits per heavy atom. The van der Waals surface area contributed by atoms with E-state index in [0.29, 0.717) is 17.4 Å². The summed E-state index contributed by atoms with van der Waals surface area (Å²) in [6.07, 6.45) is 4.83. The van der Waals surface area contributed by atoms with Crippen LogP contribution >= 0.6 is 11.6 Å². The van der Waals surface area contributed by atoms with Gasteiger partial charge in [-0.05, 0) is 34.4 Å². The Balaban J connectivity index is 1.48. The van der Waals surface area contributed by atoms with Crippen LogP contribution in [0.25, 0.3) is 33.7 Å². The number of aryl methyl sites for hydroxylation is 1. The second-order valence-corrected chi connectivity index (χ2v) is 8.07. The first-order valence-electron chi connectivity index (χ1n) is 10.7. The molecule has 160 valence electrons. The lowest BCUT2D eigenvalue weighted by molar-refractivity contribution is 0.686. The molecular weight excluding hydrogens is 422 g/mol. The van der Waals surface area contributed by atoms with Crippen LogP contribution in [0.1, 0.15) is 31.2 Å². The number of nitrogens with zero attached hydrogens (tertiary/aromatic N) is 6. The summed E-state index contributed by atoms with van der Waals surface area (Å²) >= 11 is 6.39. The van der Waals surface area contributed by atoms with E-state index in [2.05, 4.69) is 67.4 Å². The van der Waals surface area contributed by atoms with Crippen LogP contribution < -0.4 is 0 Å². The SMILES string of the molecule is CCCCc1nc2c(Cl)ccnc2n1Cc1ccc(-c2ccccc2-c2nn[nH]n2)cc1. The van der Waals surface area contributed by atoms with Crippen LogP contribution in [0.2, 0.25) is 5.02 Å². The number of benzene rings is 2. The number of unbranched alkanes of at least 4 members (excludes halogenated alkanes) is 1. The standard InChI is InChI=1S/C24H22ClN7/c1-2-3-8-21-27-22-20(25)13-14-26-24(22)32(21)15-16-9-11-17(12-10-16)18-6-4-5-7-19(18)23-28-30-31-29-23/h4-7,9-14H,2-3,8,15H2,1H3,(H,28,29,30,31). The van der Waals surface area contributed by atoms with Crippen LogP contribution in [0.4, 0.5) is 0 Å². The van der Waals surface area contributed by atoms with Crippen molar-refractivity contribution < 1.29 is 0 Å². The van der Waals surface area contributed by atoms with Crippen molar-refractivity contribution >= 4 is 22.8 Å². The first-order valence-corrected chi connectivity index (χ1v) is 11.0. The van der Waals surface area contributed by atoms with Gasteiger partial charge in [-0.15, -0.1) is 10.2 Å². The number of fused-ring (bicyclic) bond motifs is 1. The van der Waals surface area contributed by atoms with Crippen molar-refractivity contribution in [3.8, 4) is 22.5 Å². The number of pyridine rings is 1. The molecule has 0 unspecified atom stereocenters. The zero-order chi connectivity index (χ0) is 21.9. The Hall–Kier alpha value is -3.58. The summed E-state index contributed by atoms with van der Waals surface area (Å²) in [5, 5.41) is 15.1. The zero-order valence-corrected chi connectivity index (χ0v) is 18.4. The van der Waals surface area contributed by atoms with Crippen molar-refractivity contribution in [1.29, 1.82) is 0 Å². The average Bonchev–Trinajstić information content (AvgIpc) is 3.48. The van der Waals surface area contributed by atoms with Gasteiger partial charge < -0.3 is 4.57 Å². The largest absolute Gasteiger partial charge is 0.308 e. The predicted octanol–water partition coefficient (Wildman–Crippen LogP) is 5.32. The van der Waals surface area contributed by atoms with Gasteiger partial charge in [-0.25, -0.2) is 9.97 Å². The summed E-state index contributed by atoms with van der Waals surface area (Å²) in [5.74, 6) is 1.60. The summed E-state index contributed by atoms with van der Waals surface area (Å²) in [6.45, 7) is 2.87. The molecule has 0 aliphatic carbocycles. The minimum Gasteiger partial charge on any atom is -0.308 e. The Labute approximate surface area is 190 Å². The van der Waals surface area contributed by atoms with Crippen LogP contribution in [0, 0.1) is 0 Å². The third-order valence-electron chi connectivity index (χ3n) is 5.54. The first-order chi connectivity index (χ1) is 15.7. The topological polar surface area (TPSA) is 85.2 Å². The van der Waals surface area contributed by atoms with E-state index in [1.807, 2.05) is 18.2 Å². The maximum Gasteiger partial charge on any atom is 0.205 e. The highest BCUT2D eigenvalue weighted by molar-refractivity contribution is 6.34. The number of rotatable bonds is 7. The highest BCUT2D eigenvalue weighted by atomic mass is 35.5. The van der Waals surface area contributed by atoms with Crippen LogP contribution in [-0.4, -0.2) is 35.2 Å². The summed E-state index contributed by atoms with van der Waals surface area (Å²) in [5.41, 5.74) is 5.86. The van der Waals surface area contributed by atoms with Gasteiger partial charge in [-0.1, -0.05) is 73.5 Å². The molecule has 0 bridgehead atoms. The third kappa shape index (κ3) is 3.87. The molecule has 0 saturated heterocycles. The van der Waals surface area contributed by atoms with Gasteiger partial charge in [0.1, 0.15) is 11.3 Å². The molecule has 2 aromatic carbocycles. The molecule has 1 N–H and O–H groups in total. The number of hydrogen-bond acceptors (Lipinski definition) is 5. The van der Waals surface area contributed by atoms with Crippen LogP contribution in [0.5, 0.6) is 0 Å². The Morgan fingerprint density at radius 2 is 1.81 bits per heavy atom. The predicted molar refractivity (Wildman–Crippen MR) is 125 cm³/mol. The Morgan fingerprint density at radius 1 is 1.00 bits per heavy atom. The number of aromatic amines is 1. The Kier molecular flexibility index (Phi) is 5.64. The summed E-state index contributed by atoms with van der Waals surface area (Å²) in [6, 6.07) is 18.4. The van der Waals surface area contributed by atoms with E-state index >= 15 is 0 Å². The van der Waals surface area contributed by atoms with Gasteiger partial charge in [-0.2, -0.15) is 5.21 Å². The molecule has 5 aromatic rings. The summed E-state index contributed by atoms with van der Waals surface area (Å²) in [7, 11) is 0. The maximum atomic E-state index is 6.39. The minimum atomic E-state index is 0.582. The van der Waals surface area contributed by atoms with Crippen molar-refractivity contribution in [2.45, 2.75) is 32.7 Å². The van der Waals surface area contributed by atoms with E-state index in [9.17, 15) is 0 Å². The van der Waals surface area contributed by atoms with Crippen molar-refractivity contribution in [2.75, 3.05) is 0 Å². The second kappa shape index (κ2) is 8.88. The highest BCUT2D eigenvalue weighted by Gasteiger charge is 2.15. The van der Waals surface area contributed by atoms with E-state index in [4.69, 9.17) is 16.6 Å². The lowest BCUT2D eigenvalue weighted by Crippen LogP contribution is -2.06. The van der Waals surface area contributed by atoms with Crippen molar-refractivity contribution in [2.24, 2.45) is 0 Å². The molecule has 0 amide bonds. The number of tetrazole rings is 1. The van der Waals surface area contributed by atoms with Gasteiger partial charge >= 0.3 is 0 Å². The summed E-state index contributed by atoms with van der Waals surface area (Å²) in [4.78, 5) is 9.36. The van der Waals surface area contributed by atoms with Gasteiger partial charge in [0.05, 0.1) is 11.6 Å². The normalized spacial score (nSPS) is 11.3. The molecule has 0 radical (unpaired) electrons. The number of imidazole rings is 1. The zero-order valence-electron chi connectivity index (χ0n) is 17.7. The summed E-state index contributed by atoms with van der Waals surface area (Å²) < 4.78 is 2.18. The van der Waals surface area contributed by atoms with Crippen LogP contribution in [0.15, 0.2) is 60.8 Å². The van der Waals surface area contributed by atoms with E-state index in [0.717, 1.165) is 52.9 Å². The molecule has 0 aliphatic heterocycles. The van der Waals surface area contributed by atoms with Crippen molar-refractivity contribution in [3.05, 3.63) is 77.2 Å². The smallest absolute Gasteiger partial charge is 0.205 e. The van der Waals surface area contributed by atoms with Crippen molar-refractivity contribution in [1.82, 2.24) is 35.2 Å². The fourth-order valence-corrected chi connectivity index (χ4v) is 4.09. The molecule has 5 rings (SSSR count). The van der Waals surface area contributed by atoms with E-state index < -0.39 is 0 Å². The molecule has 0 atom stereocenters.